The van der Waals surface area contributed by atoms with Crippen LogP contribution in [-0.4, -0.2) is 54.2 Å². The van der Waals surface area contributed by atoms with Crippen molar-refractivity contribution in [2.45, 2.75) is 0 Å². The fourth-order valence-electron chi connectivity index (χ4n) is 0.705. The van der Waals surface area contributed by atoms with Crippen molar-refractivity contribution in [1.29, 1.82) is 0 Å². The smallest absolute Gasteiger partial charge is 0.208 e. The first-order valence-electron chi connectivity index (χ1n) is 4.36. The number of ether oxygens (including phenoxy) is 2. The van der Waals surface area contributed by atoms with Crippen LogP contribution in [0.3, 0.4) is 0 Å². The molecule has 0 atom stereocenters. The van der Waals surface area contributed by atoms with Crippen LogP contribution >= 0.6 is 0 Å². The van der Waals surface area contributed by atoms with Gasteiger partial charge in [-0.15, -0.1) is 0 Å². The lowest BCUT2D eigenvalue weighted by molar-refractivity contribution is 0.0530. The van der Waals surface area contributed by atoms with E-state index in [0.717, 1.165) is 6.26 Å². The van der Waals surface area contributed by atoms with Crippen molar-refractivity contribution in [1.82, 2.24) is 4.72 Å². The Morgan fingerprint density at radius 1 is 1.14 bits per heavy atom. The SMILES string of the molecule is CS(=O)(=O)NCCOCCOCCN. The average Bonchev–Trinajstić information content (AvgIpc) is 2.08. The molecule has 14 heavy (non-hydrogen) atoms. The Bertz CT molecular complexity index is 218. The van der Waals surface area contributed by atoms with Crippen LogP contribution in [0.5, 0.6) is 0 Å². The van der Waals surface area contributed by atoms with Crippen molar-refractivity contribution in [3.8, 4) is 0 Å². The lowest BCUT2D eigenvalue weighted by atomic mass is 10.7. The highest BCUT2D eigenvalue weighted by Crippen LogP contribution is 1.78. The van der Waals surface area contributed by atoms with E-state index in [-0.39, 0.29) is 6.54 Å². The Hall–Kier alpha value is -0.210. The molecule has 0 aliphatic carbocycles. The number of nitrogens with one attached hydrogen (secondary N) is 1. The molecule has 0 amide bonds. The molecule has 0 aliphatic rings. The van der Waals surface area contributed by atoms with Crippen molar-refractivity contribution in [2.24, 2.45) is 5.73 Å². The van der Waals surface area contributed by atoms with E-state index in [0.29, 0.717) is 33.0 Å². The van der Waals surface area contributed by atoms with E-state index in [1.165, 1.54) is 0 Å². The summed E-state index contributed by atoms with van der Waals surface area (Å²) in [6.07, 6.45) is 1.11. The van der Waals surface area contributed by atoms with Gasteiger partial charge in [-0.05, 0) is 0 Å². The van der Waals surface area contributed by atoms with Crippen molar-refractivity contribution in [2.75, 3.05) is 45.8 Å². The van der Waals surface area contributed by atoms with Gasteiger partial charge in [0.15, 0.2) is 0 Å². The lowest BCUT2D eigenvalue weighted by Gasteiger charge is -2.05. The van der Waals surface area contributed by atoms with Crippen LogP contribution in [0.25, 0.3) is 0 Å². The maximum Gasteiger partial charge on any atom is 0.208 e. The maximum absolute atomic E-state index is 10.6. The van der Waals surface area contributed by atoms with Gasteiger partial charge < -0.3 is 15.2 Å². The van der Waals surface area contributed by atoms with E-state index in [9.17, 15) is 8.42 Å². The summed E-state index contributed by atoms with van der Waals surface area (Å²) >= 11 is 0. The molecule has 3 N–H and O–H groups in total. The maximum atomic E-state index is 10.6. The summed E-state index contributed by atoms with van der Waals surface area (Å²) in [4.78, 5) is 0. The number of sulfonamides is 1. The summed E-state index contributed by atoms with van der Waals surface area (Å²) in [5.74, 6) is 0. The van der Waals surface area contributed by atoms with Crippen LogP contribution in [0.1, 0.15) is 0 Å². The van der Waals surface area contributed by atoms with Gasteiger partial charge in [0.2, 0.25) is 10.0 Å². The summed E-state index contributed by atoms with van der Waals surface area (Å²) in [5.41, 5.74) is 5.20. The first-order valence-corrected chi connectivity index (χ1v) is 6.25. The molecule has 0 rings (SSSR count). The normalized spacial score (nSPS) is 11.9. The number of rotatable bonds is 9. The van der Waals surface area contributed by atoms with Crippen LogP contribution in [0.4, 0.5) is 0 Å². The molecule has 0 fully saturated rings. The molecule has 0 saturated heterocycles. The van der Waals surface area contributed by atoms with Gasteiger partial charge in [0.25, 0.3) is 0 Å². The summed E-state index contributed by atoms with van der Waals surface area (Å²) in [6.45, 7) is 2.58. The molecular weight excluding hydrogens is 208 g/mol. The highest BCUT2D eigenvalue weighted by molar-refractivity contribution is 7.88. The second kappa shape index (κ2) is 8.13. The summed E-state index contributed by atoms with van der Waals surface area (Å²) in [5, 5.41) is 0. The van der Waals surface area contributed by atoms with E-state index in [4.69, 9.17) is 15.2 Å². The van der Waals surface area contributed by atoms with E-state index in [1.54, 1.807) is 0 Å². The van der Waals surface area contributed by atoms with Crippen LogP contribution in [0, 0.1) is 0 Å². The fraction of sp³-hybridized carbons (Fsp3) is 1.00. The van der Waals surface area contributed by atoms with Crippen LogP contribution in [0.15, 0.2) is 0 Å². The topological polar surface area (TPSA) is 90.7 Å². The molecule has 86 valence electrons. The number of hydrogen-bond donors (Lipinski definition) is 2. The van der Waals surface area contributed by atoms with Gasteiger partial charge in [-0.1, -0.05) is 0 Å². The van der Waals surface area contributed by atoms with Crippen molar-refractivity contribution in [3.63, 3.8) is 0 Å². The molecule has 0 radical (unpaired) electrons. The third kappa shape index (κ3) is 11.8. The molecule has 0 aromatic rings. The Morgan fingerprint density at radius 3 is 2.21 bits per heavy atom. The molecule has 0 aliphatic heterocycles. The summed E-state index contributed by atoms with van der Waals surface area (Å²) in [7, 11) is -3.10. The summed E-state index contributed by atoms with van der Waals surface area (Å²) < 4.78 is 33.6. The van der Waals surface area contributed by atoms with Crippen LogP contribution < -0.4 is 10.5 Å². The van der Waals surface area contributed by atoms with Crippen LogP contribution in [0.2, 0.25) is 0 Å². The molecule has 0 spiro atoms. The zero-order valence-electron chi connectivity index (χ0n) is 8.36. The first-order chi connectivity index (χ1) is 6.56. The molecule has 0 aromatic heterocycles. The van der Waals surface area contributed by atoms with E-state index < -0.39 is 10.0 Å². The highest BCUT2D eigenvalue weighted by Gasteiger charge is 1.98. The predicted molar refractivity (Wildman–Crippen MR) is 53.5 cm³/mol. The lowest BCUT2D eigenvalue weighted by Crippen LogP contribution is -2.26. The Labute approximate surface area is 84.8 Å². The Morgan fingerprint density at radius 2 is 1.71 bits per heavy atom. The van der Waals surface area contributed by atoms with Gasteiger partial charge in [-0.25, -0.2) is 13.1 Å². The second-order valence-electron chi connectivity index (χ2n) is 2.68. The van der Waals surface area contributed by atoms with Crippen molar-refractivity contribution in [3.05, 3.63) is 0 Å². The van der Waals surface area contributed by atoms with Crippen LogP contribution in [-0.2, 0) is 19.5 Å². The Balaban J connectivity index is 3.07. The fourth-order valence-corrected chi connectivity index (χ4v) is 1.16. The van der Waals surface area contributed by atoms with Gasteiger partial charge >= 0.3 is 0 Å². The van der Waals surface area contributed by atoms with E-state index in [1.807, 2.05) is 0 Å². The molecule has 6 nitrogen and oxygen atoms in total. The van der Waals surface area contributed by atoms with E-state index in [2.05, 4.69) is 4.72 Å². The predicted octanol–water partition coefficient (Wildman–Crippen LogP) is -1.47. The minimum atomic E-state index is -3.10. The minimum Gasteiger partial charge on any atom is -0.378 e. The van der Waals surface area contributed by atoms with Gasteiger partial charge in [0.05, 0.1) is 32.7 Å². The standard InChI is InChI=1S/C7H18N2O4S/c1-14(10,11)9-3-5-13-7-6-12-4-2-8/h9H,2-8H2,1H3. The van der Waals surface area contributed by atoms with Gasteiger partial charge in [0.1, 0.15) is 0 Å². The van der Waals surface area contributed by atoms with Crippen molar-refractivity contribution < 1.29 is 17.9 Å². The molecular formula is C7H18N2O4S. The number of hydrogen-bond acceptors (Lipinski definition) is 5. The average molecular weight is 226 g/mol. The van der Waals surface area contributed by atoms with Crippen molar-refractivity contribution >= 4 is 10.0 Å². The zero-order valence-corrected chi connectivity index (χ0v) is 9.18. The van der Waals surface area contributed by atoms with Gasteiger partial charge in [-0.3, -0.25) is 0 Å². The minimum absolute atomic E-state index is 0.287. The second-order valence-corrected chi connectivity index (χ2v) is 4.51. The third-order valence-corrected chi connectivity index (χ3v) is 1.97. The molecule has 0 unspecified atom stereocenters. The third-order valence-electron chi connectivity index (χ3n) is 1.24. The van der Waals surface area contributed by atoms with Gasteiger partial charge in [0, 0.05) is 13.1 Å². The quantitative estimate of drug-likeness (QED) is 0.468. The van der Waals surface area contributed by atoms with E-state index >= 15 is 0 Å². The highest BCUT2D eigenvalue weighted by atomic mass is 32.2. The molecule has 0 saturated carbocycles. The summed E-state index contributed by atoms with van der Waals surface area (Å²) in [6, 6.07) is 0. The molecule has 7 heteroatoms. The molecule has 0 aromatic carbocycles. The molecule has 0 heterocycles. The first kappa shape index (κ1) is 13.8. The number of nitrogens with two attached hydrogens (primary N) is 1. The molecule has 0 bridgehead atoms. The Kier molecular flexibility index (Phi) is 8.01. The zero-order chi connectivity index (χ0) is 10.9. The monoisotopic (exact) mass is 226 g/mol. The largest absolute Gasteiger partial charge is 0.378 e. The van der Waals surface area contributed by atoms with Gasteiger partial charge in [-0.2, -0.15) is 0 Å².